The maximum atomic E-state index is 10.4. The van der Waals surface area contributed by atoms with Crippen LogP contribution in [0.25, 0.3) is 0 Å². The highest BCUT2D eigenvalue weighted by molar-refractivity contribution is 5.92. The second-order valence-electron chi connectivity index (χ2n) is 1.58. The molecule has 0 amide bonds. The molecule has 1 atom stereocenters. The van der Waals surface area contributed by atoms with E-state index in [1.54, 1.807) is 0 Å². The molecule has 0 fully saturated rings. The minimum atomic E-state index is -1.63. The molecule has 0 saturated heterocycles. The van der Waals surface area contributed by atoms with Gasteiger partial charge in [0.15, 0.2) is 0 Å². The van der Waals surface area contributed by atoms with Crippen LogP contribution >= 0.6 is 0 Å². The molecule has 0 aliphatic heterocycles. The molecule has 0 aromatic heterocycles. The number of aliphatic hydroxyl groups is 1. The van der Waals surface area contributed by atoms with E-state index in [-0.39, 0.29) is 0 Å². The van der Waals surface area contributed by atoms with Crippen LogP contribution in [0.4, 0.5) is 0 Å². The van der Waals surface area contributed by atoms with Gasteiger partial charge in [-0.15, -0.1) is 0 Å². The third-order valence-corrected chi connectivity index (χ3v) is 0.953. The Hall–Kier alpha value is -1.10. The molecule has 0 rings (SSSR count). The van der Waals surface area contributed by atoms with Crippen LogP contribution in [0.1, 0.15) is 0 Å². The maximum Gasteiger partial charge on any atom is 0.316 e. The lowest BCUT2D eigenvalue weighted by atomic mass is 10.2. The number of rotatable bonds is 3. The van der Waals surface area contributed by atoms with Crippen molar-refractivity contribution in [2.45, 2.75) is 0 Å². The molecule has 5 heteroatoms. The van der Waals surface area contributed by atoms with Crippen molar-refractivity contribution in [1.82, 2.24) is 0 Å². The average molecular weight is 147 g/mol. The van der Waals surface area contributed by atoms with Crippen LogP contribution in [0.15, 0.2) is 0 Å². The van der Waals surface area contributed by atoms with Gasteiger partial charge in [0.1, 0.15) is 5.92 Å². The monoisotopic (exact) mass is 147 g/mol. The summed E-state index contributed by atoms with van der Waals surface area (Å²) in [7, 11) is 1.04. The Bertz CT molecular complexity index is 141. The Morgan fingerprint density at radius 3 is 2.30 bits per heavy atom. The predicted molar refractivity (Wildman–Crippen MR) is 27.6 cm³/mol. The van der Waals surface area contributed by atoms with Gasteiger partial charge in [-0.25, -0.2) is 0 Å². The van der Waals surface area contributed by atoms with Gasteiger partial charge in [0.05, 0.1) is 19.7 Å². The van der Waals surface area contributed by atoms with E-state index < -0.39 is 24.5 Å². The number of aliphatic carboxylic acids is 1. The predicted octanol–water partition coefficient (Wildman–Crippen LogP) is -2.48. The summed E-state index contributed by atoms with van der Waals surface area (Å²) in [6.07, 6.45) is 0. The van der Waals surface area contributed by atoms with Gasteiger partial charge >= 0.3 is 5.97 Å². The molecule has 0 heterocycles. The molecule has 0 aromatic carbocycles. The fraction of sp³-hybridized carbons (Fsp3) is 0.600. The number of esters is 1. The Balaban J connectivity index is 4.06. The number of carboxylic acids is 1. The summed E-state index contributed by atoms with van der Waals surface area (Å²) in [4.78, 5) is 20.3. The highest BCUT2D eigenvalue weighted by Crippen LogP contribution is 1.94. The van der Waals surface area contributed by atoms with Crippen molar-refractivity contribution in [3.63, 3.8) is 0 Å². The lowest BCUT2D eigenvalue weighted by Crippen LogP contribution is -2.39. The third-order valence-electron chi connectivity index (χ3n) is 0.953. The summed E-state index contributed by atoms with van der Waals surface area (Å²) >= 11 is 0. The lowest BCUT2D eigenvalue weighted by molar-refractivity contribution is -0.311. The summed E-state index contributed by atoms with van der Waals surface area (Å²) in [5.74, 6) is -4.19. The largest absolute Gasteiger partial charge is 0.549 e. The smallest absolute Gasteiger partial charge is 0.316 e. The lowest BCUT2D eigenvalue weighted by Gasteiger charge is -2.11. The van der Waals surface area contributed by atoms with Crippen molar-refractivity contribution in [2.24, 2.45) is 5.92 Å². The van der Waals surface area contributed by atoms with E-state index in [2.05, 4.69) is 4.74 Å². The zero-order valence-corrected chi connectivity index (χ0v) is 5.36. The van der Waals surface area contributed by atoms with Gasteiger partial charge in [-0.1, -0.05) is 0 Å². The van der Waals surface area contributed by atoms with Crippen molar-refractivity contribution >= 4 is 11.9 Å². The van der Waals surface area contributed by atoms with E-state index in [9.17, 15) is 14.7 Å². The van der Waals surface area contributed by atoms with Gasteiger partial charge in [0.2, 0.25) is 0 Å². The van der Waals surface area contributed by atoms with Crippen LogP contribution in [0.3, 0.4) is 0 Å². The van der Waals surface area contributed by atoms with Crippen molar-refractivity contribution in [3.8, 4) is 0 Å². The van der Waals surface area contributed by atoms with Crippen LogP contribution in [-0.4, -0.2) is 30.8 Å². The first-order chi connectivity index (χ1) is 4.63. The minimum absolute atomic E-state index is 0.797. The summed E-state index contributed by atoms with van der Waals surface area (Å²) in [6, 6.07) is 0. The van der Waals surface area contributed by atoms with Crippen LogP contribution in [-0.2, 0) is 14.3 Å². The number of hydrogen-bond donors (Lipinski definition) is 1. The van der Waals surface area contributed by atoms with Gasteiger partial charge < -0.3 is 19.7 Å². The molecule has 0 spiro atoms. The van der Waals surface area contributed by atoms with Gasteiger partial charge in [-0.05, 0) is 0 Å². The quantitative estimate of drug-likeness (QED) is 0.352. The van der Waals surface area contributed by atoms with Gasteiger partial charge in [0, 0.05) is 0 Å². The summed E-state index contributed by atoms with van der Waals surface area (Å²) < 4.78 is 4.04. The average Bonchev–Trinajstić information content (AvgIpc) is 1.88. The van der Waals surface area contributed by atoms with Crippen molar-refractivity contribution < 1.29 is 24.5 Å². The van der Waals surface area contributed by atoms with Crippen LogP contribution in [0, 0.1) is 5.92 Å². The summed E-state index contributed by atoms with van der Waals surface area (Å²) in [5.41, 5.74) is 0. The Morgan fingerprint density at radius 1 is 1.70 bits per heavy atom. The molecule has 0 saturated carbocycles. The van der Waals surface area contributed by atoms with Crippen molar-refractivity contribution in [3.05, 3.63) is 0 Å². The maximum absolute atomic E-state index is 10.4. The fourth-order valence-electron chi connectivity index (χ4n) is 0.388. The van der Waals surface area contributed by atoms with E-state index in [1.807, 2.05) is 0 Å². The minimum Gasteiger partial charge on any atom is -0.549 e. The zero-order chi connectivity index (χ0) is 8.15. The molecular formula is C5H7O5-. The second kappa shape index (κ2) is 3.84. The van der Waals surface area contributed by atoms with Gasteiger partial charge in [0.25, 0.3) is 0 Å². The zero-order valence-electron chi connectivity index (χ0n) is 5.36. The van der Waals surface area contributed by atoms with E-state index >= 15 is 0 Å². The number of ether oxygens (including phenoxy) is 1. The van der Waals surface area contributed by atoms with Crippen LogP contribution in [0.5, 0.6) is 0 Å². The summed E-state index contributed by atoms with van der Waals surface area (Å²) in [5, 5.41) is 18.2. The van der Waals surface area contributed by atoms with Crippen LogP contribution in [0.2, 0.25) is 0 Å². The first kappa shape index (κ1) is 8.90. The molecule has 10 heavy (non-hydrogen) atoms. The Morgan fingerprint density at radius 2 is 2.20 bits per heavy atom. The van der Waals surface area contributed by atoms with Gasteiger partial charge in [-0.2, -0.15) is 0 Å². The standard InChI is InChI=1S/C5H8O5/c1-10-5(9)3(2-6)4(7)8/h3,6H,2H2,1H3,(H,7,8)/p-1. The first-order valence-electron chi connectivity index (χ1n) is 2.53. The molecular weight excluding hydrogens is 140 g/mol. The Labute approximate surface area is 57.2 Å². The number of carbonyl (C=O) groups excluding carboxylic acids is 2. The van der Waals surface area contributed by atoms with Crippen molar-refractivity contribution in [1.29, 1.82) is 0 Å². The SMILES string of the molecule is COC(=O)C(CO)C(=O)[O-]. The second-order valence-corrected chi connectivity index (χ2v) is 1.58. The van der Waals surface area contributed by atoms with E-state index in [1.165, 1.54) is 0 Å². The van der Waals surface area contributed by atoms with Crippen LogP contribution < -0.4 is 5.11 Å². The Kier molecular flexibility index (Phi) is 3.42. The highest BCUT2D eigenvalue weighted by Gasteiger charge is 2.18. The molecule has 5 nitrogen and oxygen atoms in total. The highest BCUT2D eigenvalue weighted by atomic mass is 16.5. The number of methoxy groups -OCH3 is 1. The molecule has 58 valence electrons. The molecule has 0 aliphatic carbocycles. The number of aliphatic hydroxyl groups excluding tert-OH is 1. The number of hydrogen-bond acceptors (Lipinski definition) is 5. The molecule has 0 radical (unpaired) electrons. The topological polar surface area (TPSA) is 86.7 Å². The van der Waals surface area contributed by atoms with Gasteiger partial charge in [-0.3, -0.25) is 4.79 Å². The summed E-state index contributed by atoms with van der Waals surface area (Å²) in [6.45, 7) is -0.797. The number of carbonyl (C=O) groups is 2. The molecule has 0 aromatic rings. The van der Waals surface area contributed by atoms with E-state index in [0.717, 1.165) is 7.11 Å². The molecule has 0 bridgehead atoms. The molecule has 0 aliphatic rings. The molecule has 1 N–H and O–H groups in total. The first-order valence-corrected chi connectivity index (χ1v) is 2.53. The number of carboxylic acid groups (broad SMARTS) is 1. The fourth-order valence-corrected chi connectivity index (χ4v) is 0.388. The van der Waals surface area contributed by atoms with E-state index in [0.29, 0.717) is 0 Å². The third kappa shape index (κ3) is 2.02. The van der Waals surface area contributed by atoms with E-state index in [4.69, 9.17) is 5.11 Å². The normalized spacial score (nSPS) is 12.2. The molecule has 1 unspecified atom stereocenters. The van der Waals surface area contributed by atoms with Crippen molar-refractivity contribution in [2.75, 3.05) is 13.7 Å².